The van der Waals surface area contributed by atoms with Crippen LogP contribution in [0, 0.1) is 0 Å². The predicted octanol–water partition coefficient (Wildman–Crippen LogP) is -0.318. The number of carbonyl (C=O) groups excluding carboxylic acids is 1. The third kappa shape index (κ3) is 5.65. The first kappa shape index (κ1) is 16.4. The number of aromatic amines is 1. The molecule has 102 valence electrons. The summed E-state index contributed by atoms with van der Waals surface area (Å²) in [6.45, 7) is 0.408. The molecular weight excluding hydrogens is 260 g/mol. The number of hydrogen-bond acceptors (Lipinski definition) is 4. The first-order chi connectivity index (χ1) is 8.13. The largest absolute Gasteiger partial charge is 0.480 e. The maximum atomic E-state index is 11.4. The van der Waals surface area contributed by atoms with Crippen molar-refractivity contribution in [1.82, 2.24) is 15.3 Å². The molecular formula is C10H17ClN4O3. The predicted molar refractivity (Wildman–Crippen MR) is 67.4 cm³/mol. The number of amides is 1. The molecule has 0 saturated heterocycles. The van der Waals surface area contributed by atoms with Crippen LogP contribution in [0.4, 0.5) is 0 Å². The zero-order chi connectivity index (χ0) is 12.7. The number of imidazole rings is 1. The van der Waals surface area contributed by atoms with Crippen LogP contribution in [-0.4, -0.2) is 39.5 Å². The van der Waals surface area contributed by atoms with E-state index in [9.17, 15) is 9.59 Å². The fraction of sp³-hybridized carbons (Fsp3) is 0.500. The standard InChI is InChI=1S/C10H16N4O3.ClH/c11-3-1-2-9(15)14-8(10(16)17)4-7-5-12-6-13-7;/h5-6,8H,1-4,11H2,(H,12,13)(H,14,15)(H,16,17);1H/t8-;/m0./s1. The lowest BCUT2D eigenvalue weighted by Gasteiger charge is -2.13. The van der Waals surface area contributed by atoms with E-state index in [1.165, 1.54) is 12.5 Å². The highest BCUT2D eigenvalue weighted by Gasteiger charge is 2.20. The highest BCUT2D eigenvalue weighted by atomic mass is 35.5. The molecule has 18 heavy (non-hydrogen) atoms. The van der Waals surface area contributed by atoms with Crippen LogP contribution in [0.1, 0.15) is 18.5 Å². The monoisotopic (exact) mass is 276 g/mol. The molecule has 0 bridgehead atoms. The number of carbonyl (C=O) groups is 2. The van der Waals surface area contributed by atoms with Gasteiger partial charge in [0.25, 0.3) is 0 Å². The van der Waals surface area contributed by atoms with E-state index in [1.807, 2.05) is 0 Å². The molecule has 0 aromatic carbocycles. The number of nitrogens with one attached hydrogen (secondary N) is 2. The Labute approximate surface area is 111 Å². The van der Waals surface area contributed by atoms with Gasteiger partial charge in [-0.2, -0.15) is 0 Å². The molecule has 1 rings (SSSR count). The molecule has 0 unspecified atom stereocenters. The molecule has 1 heterocycles. The van der Waals surface area contributed by atoms with Crippen LogP contribution in [0.25, 0.3) is 0 Å². The quantitative estimate of drug-likeness (QED) is 0.544. The fourth-order valence-electron chi connectivity index (χ4n) is 1.35. The average Bonchev–Trinajstić information content (AvgIpc) is 2.78. The fourth-order valence-corrected chi connectivity index (χ4v) is 1.35. The lowest BCUT2D eigenvalue weighted by molar-refractivity contribution is -0.141. The van der Waals surface area contributed by atoms with Crippen LogP contribution >= 0.6 is 12.4 Å². The number of H-pyrrole nitrogens is 1. The second kappa shape index (κ2) is 8.48. The molecule has 0 radical (unpaired) electrons. The molecule has 0 aliphatic heterocycles. The van der Waals surface area contributed by atoms with Gasteiger partial charge in [0.1, 0.15) is 6.04 Å². The minimum atomic E-state index is -1.07. The molecule has 1 aromatic rings. The van der Waals surface area contributed by atoms with Gasteiger partial charge in [-0.15, -0.1) is 12.4 Å². The van der Waals surface area contributed by atoms with Crippen molar-refractivity contribution in [2.75, 3.05) is 6.54 Å². The third-order valence-electron chi connectivity index (χ3n) is 2.22. The van der Waals surface area contributed by atoms with E-state index in [-0.39, 0.29) is 31.2 Å². The number of carboxylic acids is 1. The summed E-state index contributed by atoms with van der Waals surface area (Å²) in [5.41, 5.74) is 5.93. The minimum absolute atomic E-state index is 0. The van der Waals surface area contributed by atoms with Crippen molar-refractivity contribution in [1.29, 1.82) is 0 Å². The Balaban J connectivity index is 0.00000289. The average molecular weight is 277 g/mol. The third-order valence-corrected chi connectivity index (χ3v) is 2.22. The van der Waals surface area contributed by atoms with Gasteiger partial charge in [-0.05, 0) is 13.0 Å². The summed E-state index contributed by atoms with van der Waals surface area (Å²) in [5, 5.41) is 11.4. The van der Waals surface area contributed by atoms with E-state index in [0.29, 0.717) is 18.7 Å². The number of hydrogen-bond donors (Lipinski definition) is 4. The molecule has 1 amide bonds. The summed E-state index contributed by atoms with van der Waals surface area (Å²) in [5.74, 6) is -1.37. The number of aliphatic carboxylic acids is 1. The lowest BCUT2D eigenvalue weighted by Crippen LogP contribution is -2.42. The normalized spacial score (nSPS) is 11.4. The summed E-state index contributed by atoms with van der Waals surface area (Å²) < 4.78 is 0. The van der Waals surface area contributed by atoms with Crippen LogP contribution < -0.4 is 11.1 Å². The molecule has 0 aliphatic carbocycles. The SMILES string of the molecule is Cl.NCCCC(=O)N[C@@H](Cc1cnc[nH]1)C(=O)O. The lowest BCUT2D eigenvalue weighted by atomic mass is 10.1. The highest BCUT2D eigenvalue weighted by Crippen LogP contribution is 1.99. The zero-order valence-electron chi connectivity index (χ0n) is 9.76. The van der Waals surface area contributed by atoms with Crippen molar-refractivity contribution in [3.05, 3.63) is 18.2 Å². The van der Waals surface area contributed by atoms with E-state index < -0.39 is 12.0 Å². The minimum Gasteiger partial charge on any atom is -0.480 e. The zero-order valence-corrected chi connectivity index (χ0v) is 10.6. The van der Waals surface area contributed by atoms with Crippen molar-refractivity contribution in [2.24, 2.45) is 5.73 Å². The van der Waals surface area contributed by atoms with E-state index in [1.54, 1.807) is 0 Å². The van der Waals surface area contributed by atoms with Gasteiger partial charge >= 0.3 is 5.97 Å². The number of aromatic nitrogens is 2. The molecule has 7 nitrogen and oxygen atoms in total. The van der Waals surface area contributed by atoms with E-state index >= 15 is 0 Å². The van der Waals surface area contributed by atoms with Gasteiger partial charge < -0.3 is 21.1 Å². The molecule has 1 atom stereocenters. The van der Waals surface area contributed by atoms with Crippen molar-refractivity contribution >= 4 is 24.3 Å². The van der Waals surface area contributed by atoms with Gasteiger partial charge in [-0.1, -0.05) is 0 Å². The van der Waals surface area contributed by atoms with Crippen LogP contribution in [0.2, 0.25) is 0 Å². The molecule has 0 aliphatic rings. The molecule has 8 heteroatoms. The number of halogens is 1. The summed E-state index contributed by atoms with van der Waals surface area (Å²) in [4.78, 5) is 28.9. The second-order valence-electron chi connectivity index (χ2n) is 3.63. The second-order valence-corrected chi connectivity index (χ2v) is 3.63. The van der Waals surface area contributed by atoms with Gasteiger partial charge in [0.2, 0.25) is 5.91 Å². The van der Waals surface area contributed by atoms with Crippen molar-refractivity contribution in [2.45, 2.75) is 25.3 Å². The Bertz CT molecular complexity index is 369. The topological polar surface area (TPSA) is 121 Å². The first-order valence-electron chi connectivity index (χ1n) is 5.33. The van der Waals surface area contributed by atoms with Gasteiger partial charge in [-0.25, -0.2) is 9.78 Å². The summed E-state index contributed by atoms with van der Waals surface area (Å²) in [6, 6.07) is -0.944. The number of carboxylic acid groups (broad SMARTS) is 1. The Morgan fingerprint density at radius 3 is 2.78 bits per heavy atom. The van der Waals surface area contributed by atoms with E-state index in [0.717, 1.165) is 0 Å². The highest BCUT2D eigenvalue weighted by molar-refractivity contribution is 5.85. The molecule has 5 N–H and O–H groups in total. The maximum absolute atomic E-state index is 11.4. The Morgan fingerprint density at radius 1 is 1.56 bits per heavy atom. The maximum Gasteiger partial charge on any atom is 0.326 e. The smallest absolute Gasteiger partial charge is 0.326 e. The molecule has 0 fully saturated rings. The summed E-state index contributed by atoms with van der Waals surface area (Å²) in [6.07, 6.45) is 3.96. The number of nitrogens with two attached hydrogens (primary N) is 1. The Kier molecular flexibility index (Phi) is 7.73. The first-order valence-corrected chi connectivity index (χ1v) is 5.33. The van der Waals surface area contributed by atoms with E-state index in [2.05, 4.69) is 15.3 Å². The van der Waals surface area contributed by atoms with Crippen LogP contribution in [0.15, 0.2) is 12.5 Å². The van der Waals surface area contributed by atoms with Crippen molar-refractivity contribution in [3.63, 3.8) is 0 Å². The van der Waals surface area contributed by atoms with Crippen LogP contribution in [0.3, 0.4) is 0 Å². The summed E-state index contributed by atoms with van der Waals surface area (Å²) >= 11 is 0. The van der Waals surface area contributed by atoms with E-state index in [4.69, 9.17) is 10.8 Å². The number of nitrogens with zero attached hydrogens (tertiary/aromatic N) is 1. The van der Waals surface area contributed by atoms with Crippen LogP contribution in [-0.2, 0) is 16.0 Å². The number of rotatable bonds is 7. The Hall–Kier alpha value is -1.60. The molecule has 1 aromatic heterocycles. The van der Waals surface area contributed by atoms with Gasteiger partial charge in [0.15, 0.2) is 0 Å². The summed E-state index contributed by atoms with van der Waals surface area (Å²) in [7, 11) is 0. The van der Waals surface area contributed by atoms with Gasteiger partial charge in [-0.3, -0.25) is 4.79 Å². The van der Waals surface area contributed by atoms with Crippen molar-refractivity contribution < 1.29 is 14.7 Å². The molecule has 0 spiro atoms. The van der Waals surface area contributed by atoms with Gasteiger partial charge in [0, 0.05) is 24.7 Å². The van der Waals surface area contributed by atoms with Gasteiger partial charge in [0.05, 0.1) is 6.33 Å². The molecule has 0 saturated carbocycles. The van der Waals surface area contributed by atoms with Crippen molar-refractivity contribution in [3.8, 4) is 0 Å². The Morgan fingerprint density at radius 2 is 2.28 bits per heavy atom. The van der Waals surface area contributed by atoms with Crippen LogP contribution in [0.5, 0.6) is 0 Å².